The number of nitrogens with one attached hydrogen (secondary N) is 1. The highest BCUT2D eigenvalue weighted by molar-refractivity contribution is 5.77. The number of ether oxygens (including phenoxy) is 1. The summed E-state index contributed by atoms with van der Waals surface area (Å²) in [6.07, 6.45) is -7.01. The first-order valence-corrected chi connectivity index (χ1v) is 12.6. The molecule has 1 amide bonds. The van der Waals surface area contributed by atoms with Gasteiger partial charge in [-0.15, -0.1) is 0 Å². The Labute approximate surface area is 225 Å². The first-order valence-electron chi connectivity index (χ1n) is 12.6. The van der Waals surface area contributed by atoms with Crippen molar-refractivity contribution >= 4 is 23.1 Å². The van der Waals surface area contributed by atoms with Crippen molar-refractivity contribution in [3.8, 4) is 5.75 Å². The van der Waals surface area contributed by atoms with E-state index in [1.54, 1.807) is 18.3 Å². The summed E-state index contributed by atoms with van der Waals surface area (Å²) >= 11 is 0. The second-order valence-electron chi connectivity index (χ2n) is 9.73. The second kappa shape index (κ2) is 11.8. The third-order valence-electron chi connectivity index (χ3n) is 6.87. The molecule has 218 valence electrons. The lowest BCUT2D eigenvalue weighted by Gasteiger charge is -2.35. The normalized spacial score (nSPS) is 20.2. The zero-order valence-corrected chi connectivity index (χ0v) is 21.2. The number of amides is 1. The Balaban J connectivity index is 1.28. The Morgan fingerprint density at radius 1 is 1.02 bits per heavy atom. The van der Waals surface area contributed by atoms with E-state index >= 15 is 0 Å². The van der Waals surface area contributed by atoms with Crippen LogP contribution in [0.2, 0.25) is 0 Å². The van der Waals surface area contributed by atoms with Gasteiger partial charge >= 0.3 is 12.4 Å². The number of hydrogen-bond acceptors (Lipinski definition) is 7. The maximum Gasteiger partial charge on any atom is 0.423 e. The maximum absolute atomic E-state index is 13.3. The average molecular weight is 576 g/mol. The van der Waals surface area contributed by atoms with Crippen molar-refractivity contribution in [2.45, 2.75) is 56.6 Å². The number of anilines is 2. The van der Waals surface area contributed by atoms with Crippen LogP contribution in [0.1, 0.15) is 37.7 Å². The fraction of sp³-hybridized carbons (Fsp3) is 0.520. The molecule has 2 heterocycles. The van der Waals surface area contributed by atoms with E-state index in [2.05, 4.69) is 10.3 Å². The molecular formula is C25H27F6N5O4. The van der Waals surface area contributed by atoms with Crippen LogP contribution in [-0.2, 0) is 11.0 Å². The van der Waals surface area contributed by atoms with Crippen molar-refractivity contribution in [1.82, 2.24) is 9.88 Å². The summed E-state index contributed by atoms with van der Waals surface area (Å²) in [5.74, 6) is 0.188. The average Bonchev–Trinajstić information content (AvgIpc) is 2.88. The van der Waals surface area contributed by atoms with E-state index in [-0.39, 0.29) is 30.9 Å². The van der Waals surface area contributed by atoms with E-state index in [0.29, 0.717) is 50.3 Å². The fourth-order valence-corrected chi connectivity index (χ4v) is 4.88. The quantitative estimate of drug-likeness (QED) is 0.268. The number of pyridine rings is 1. The molecule has 2 aliphatic rings. The lowest BCUT2D eigenvalue weighted by atomic mass is 9.92. The third-order valence-corrected chi connectivity index (χ3v) is 6.87. The van der Waals surface area contributed by atoms with Crippen LogP contribution in [0, 0.1) is 10.1 Å². The van der Waals surface area contributed by atoms with Gasteiger partial charge in [0, 0.05) is 56.2 Å². The lowest BCUT2D eigenvalue weighted by molar-refractivity contribution is -0.388. The molecule has 1 aliphatic carbocycles. The van der Waals surface area contributed by atoms with Crippen molar-refractivity contribution in [3.63, 3.8) is 0 Å². The SMILES string of the molecule is O=C(CC(F)(F)F)N1CCN(c2cc(O[C@H]3CC[C@H](Nc4ccc([N+](=O)[O-])c(C(F)(F)F)c4)CC3)ccn2)CC1. The number of alkyl halides is 6. The van der Waals surface area contributed by atoms with E-state index in [1.807, 2.05) is 4.90 Å². The van der Waals surface area contributed by atoms with Crippen LogP contribution in [0.5, 0.6) is 5.75 Å². The van der Waals surface area contributed by atoms with Gasteiger partial charge < -0.3 is 19.9 Å². The van der Waals surface area contributed by atoms with Gasteiger partial charge in [-0.1, -0.05) is 0 Å². The number of benzene rings is 1. The van der Waals surface area contributed by atoms with Gasteiger partial charge in [0.05, 0.1) is 11.0 Å². The van der Waals surface area contributed by atoms with Gasteiger partial charge in [0.25, 0.3) is 5.69 Å². The van der Waals surface area contributed by atoms with E-state index in [4.69, 9.17) is 4.74 Å². The Morgan fingerprint density at radius 2 is 1.70 bits per heavy atom. The Bertz CT molecular complexity index is 1210. The molecule has 2 aromatic rings. The highest BCUT2D eigenvalue weighted by Gasteiger charge is 2.39. The van der Waals surface area contributed by atoms with E-state index < -0.39 is 40.9 Å². The van der Waals surface area contributed by atoms with Crippen LogP contribution in [-0.4, -0.2) is 65.2 Å². The molecule has 9 nitrogen and oxygen atoms in total. The van der Waals surface area contributed by atoms with Gasteiger partial charge in [0.15, 0.2) is 0 Å². The molecule has 0 spiro atoms. The third kappa shape index (κ3) is 7.66. The first kappa shape index (κ1) is 29.2. The zero-order chi connectivity index (χ0) is 29.1. The molecule has 4 rings (SSSR count). The standard InChI is InChI=1S/C25H27F6N5O4/c26-24(27,28)15-23(37)35-11-9-34(10-12-35)22-14-19(7-8-32-22)40-18-4-1-16(2-5-18)33-17-3-6-21(36(38)39)20(13-17)25(29,30)31/h3,6-8,13-14,16,18,33H,1-2,4-5,9-12,15H2/t16-,18-. The molecular weight excluding hydrogens is 548 g/mol. The minimum Gasteiger partial charge on any atom is -0.490 e. The van der Waals surface area contributed by atoms with Gasteiger partial charge in [-0.05, 0) is 43.9 Å². The van der Waals surface area contributed by atoms with Gasteiger partial charge in [-0.25, -0.2) is 4.98 Å². The summed E-state index contributed by atoms with van der Waals surface area (Å²) in [4.78, 5) is 29.1. The van der Waals surface area contributed by atoms with Crippen LogP contribution in [0.15, 0.2) is 36.5 Å². The topological polar surface area (TPSA) is 101 Å². The van der Waals surface area contributed by atoms with E-state index in [1.165, 1.54) is 11.0 Å². The number of nitro benzene ring substituents is 1. The first-order chi connectivity index (χ1) is 18.8. The van der Waals surface area contributed by atoms with Crippen molar-refractivity contribution < 1.29 is 40.8 Å². The Morgan fingerprint density at radius 3 is 2.30 bits per heavy atom. The predicted molar refractivity (Wildman–Crippen MR) is 132 cm³/mol. The van der Waals surface area contributed by atoms with Crippen LogP contribution in [0.3, 0.4) is 0 Å². The van der Waals surface area contributed by atoms with Gasteiger partial charge in [-0.3, -0.25) is 14.9 Å². The predicted octanol–water partition coefficient (Wildman–Crippen LogP) is 5.41. The number of rotatable bonds is 7. The molecule has 1 aromatic heterocycles. The summed E-state index contributed by atoms with van der Waals surface area (Å²) in [5.41, 5.74) is -2.15. The summed E-state index contributed by atoms with van der Waals surface area (Å²) in [7, 11) is 0. The Hall–Kier alpha value is -3.78. The lowest BCUT2D eigenvalue weighted by Crippen LogP contribution is -2.49. The molecule has 1 saturated heterocycles. The van der Waals surface area contributed by atoms with Crippen molar-refractivity contribution in [2.75, 3.05) is 36.4 Å². The second-order valence-corrected chi connectivity index (χ2v) is 9.73. The van der Waals surface area contributed by atoms with Crippen LogP contribution in [0.4, 0.5) is 43.5 Å². The monoisotopic (exact) mass is 575 g/mol. The number of piperazine rings is 1. The number of aromatic nitrogens is 1. The molecule has 15 heteroatoms. The van der Waals surface area contributed by atoms with Crippen LogP contribution >= 0.6 is 0 Å². The molecule has 0 radical (unpaired) electrons. The molecule has 2 fully saturated rings. The molecule has 1 saturated carbocycles. The number of carbonyl (C=O) groups excluding carboxylic acids is 1. The molecule has 40 heavy (non-hydrogen) atoms. The fourth-order valence-electron chi connectivity index (χ4n) is 4.88. The Kier molecular flexibility index (Phi) is 8.59. The van der Waals surface area contributed by atoms with Crippen molar-refractivity contribution in [1.29, 1.82) is 0 Å². The number of halogens is 6. The number of carbonyl (C=O) groups is 1. The zero-order valence-electron chi connectivity index (χ0n) is 21.2. The smallest absolute Gasteiger partial charge is 0.423 e. The molecule has 1 aromatic carbocycles. The van der Waals surface area contributed by atoms with Gasteiger partial charge in [0.1, 0.15) is 23.6 Å². The highest BCUT2D eigenvalue weighted by atomic mass is 19.4. The van der Waals surface area contributed by atoms with Crippen LogP contribution < -0.4 is 15.0 Å². The maximum atomic E-state index is 13.3. The highest BCUT2D eigenvalue weighted by Crippen LogP contribution is 2.38. The summed E-state index contributed by atoms with van der Waals surface area (Å²) in [5, 5.41) is 14.0. The summed E-state index contributed by atoms with van der Waals surface area (Å²) in [6.45, 7) is 0.959. The summed E-state index contributed by atoms with van der Waals surface area (Å²) < 4.78 is 83.4. The van der Waals surface area contributed by atoms with Crippen molar-refractivity contribution in [2.24, 2.45) is 0 Å². The number of hydrogen-bond donors (Lipinski definition) is 1. The van der Waals surface area contributed by atoms with E-state index in [0.717, 1.165) is 12.1 Å². The molecule has 0 bridgehead atoms. The number of nitro groups is 1. The number of nitrogens with zero attached hydrogens (tertiary/aromatic N) is 4. The summed E-state index contributed by atoms with van der Waals surface area (Å²) in [6, 6.07) is 6.15. The molecule has 0 unspecified atom stereocenters. The van der Waals surface area contributed by atoms with E-state index in [9.17, 15) is 41.3 Å². The van der Waals surface area contributed by atoms with Gasteiger partial charge in [0.2, 0.25) is 5.91 Å². The molecule has 0 atom stereocenters. The van der Waals surface area contributed by atoms with Gasteiger partial charge in [-0.2, -0.15) is 26.3 Å². The van der Waals surface area contributed by atoms with Crippen LogP contribution in [0.25, 0.3) is 0 Å². The largest absolute Gasteiger partial charge is 0.490 e. The minimum atomic E-state index is -4.85. The minimum absolute atomic E-state index is 0.133. The van der Waals surface area contributed by atoms with Crippen molar-refractivity contribution in [3.05, 3.63) is 52.2 Å². The molecule has 1 aliphatic heterocycles. The molecule has 1 N–H and O–H groups in total.